The average Bonchev–Trinajstić information content (AvgIpc) is 2.65. The van der Waals surface area contributed by atoms with E-state index in [1.165, 1.54) is 33.5 Å². The minimum atomic E-state index is -0.646. The topological polar surface area (TPSA) is 109 Å². The van der Waals surface area contributed by atoms with Crippen molar-refractivity contribution >= 4 is 17.5 Å². The Labute approximate surface area is 150 Å². The van der Waals surface area contributed by atoms with Gasteiger partial charge in [-0.25, -0.2) is 0 Å². The molecule has 0 saturated carbocycles. The molecule has 0 unspecified atom stereocenters. The highest BCUT2D eigenvalue weighted by atomic mass is 16.5. The Kier molecular flexibility index (Phi) is 6.26. The molecule has 138 valence electrons. The van der Waals surface area contributed by atoms with Crippen molar-refractivity contribution in [3.05, 3.63) is 42.0 Å². The number of hydrogen-bond donors (Lipinski definition) is 2. The van der Waals surface area contributed by atoms with Gasteiger partial charge in [-0.1, -0.05) is 12.1 Å². The van der Waals surface area contributed by atoms with E-state index in [4.69, 9.17) is 24.7 Å². The predicted molar refractivity (Wildman–Crippen MR) is 95.2 cm³/mol. The number of carbonyl (C=O) groups is 2. The average molecular weight is 360 g/mol. The second kappa shape index (κ2) is 8.61. The fraction of sp³-hybridized carbons (Fsp3) is 0.222. The van der Waals surface area contributed by atoms with Gasteiger partial charge in [0, 0.05) is 5.56 Å². The Bertz CT molecular complexity index is 781. The van der Waals surface area contributed by atoms with E-state index in [1.54, 1.807) is 24.3 Å². The minimum absolute atomic E-state index is 0.183. The van der Waals surface area contributed by atoms with Gasteiger partial charge in [-0.3, -0.25) is 9.59 Å². The van der Waals surface area contributed by atoms with E-state index in [-0.39, 0.29) is 29.4 Å². The Balaban J connectivity index is 2.34. The molecule has 26 heavy (non-hydrogen) atoms. The molecule has 3 N–H and O–H groups in total. The van der Waals surface area contributed by atoms with E-state index >= 15 is 0 Å². The van der Waals surface area contributed by atoms with Crippen LogP contribution in [0.15, 0.2) is 36.4 Å². The molecule has 0 fully saturated rings. The number of benzene rings is 2. The van der Waals surface area contributed by atoms with Crippen LogP contribution in [-0.4, -0.2) is 39.8 Å². The van der Waals surface area contributed by atoms with Gasteiger partial charge in [-0.2, -0.15) is 0 Å². The molecule has 0 bridgehead atoms. The molecule has 2 amide bonds. The van der Waals surface area contributed by atoms with E-state index in [9.17, 15) is 9.59 Å². The lowest BCUT2D eigenvalue weighted by atomic mass is 10.1. The summed E-state index contributed by atoms with van der Waals surface area (Å²) in [5, 5.41) is 2.76. The van der Waals surface area contributed by atoms with E-state index < -0.39 is 11.8 Å². The number of carbonyl (C=O) groups excluding carboxylic acids is 2. The lowest BCUT2D eigenvalue weighted by molar-refractivity contribution is -0.120. The van der Waals surface area contributed by atoms with Crippen LogP contribution in [0, 0.1) is 0 Å². The summed E-state index contributed by atoms with van der Waals surface area (Å²) in [6, 6.07) is 9.98. The molecule has 0 aromatic heterocycles. The molecule has 2 aromatic carbocycles. The summed E-state index contributed by atoms with van der Waals surface area (Å²) in [5.41, 5.74) is 5.89. The molecule has 0 heterocycles. The number of amides is 2. The zero-order valence-corrected chi connectivity index (χ0v) is 14.7. The predicted octanol–water partition coefficient (Wildman–Crippen LogP) is 1.83. The highest BCUT2D eigenvalue weighted by Crippen LogP contribution is 2.39. The second-order valence-electron chi connectivity index (χ2n) is 5.12. The maximum atomic E-state index is 12.6. The summed E-state index contributed by atoms with van der Waals surface area (Å²) in [4.78, 5) is 23.6. The van der Waals surface area contributed by atoms with Gasteiger partial charge >= 0.3 is 0 Å². The van der Waals surface area contributed by atoms with Crippen LogP contribution in [-0.2, 0) is 4.79 Å². The molecule has 0 spiro atoms. The van der Waals surface area contributed by atoms with Gasteiger partial charge in [-0.05, 0) is 24.3 Å². The normalized spacial score (nSPS) is 9.96. The Morgan fingerprint density at radius 3 is 2.08 bits per heavy atom. The fourth-order valence-corrected chi connectivity index (χ4v) is 2.24. The number of primary amides is 1. The number of nitrogens with two attached hydrogens (primary N) is 1. The first-order valence-corrected chi connectivity index (χ1v) is 7.61. The summed E-state index contributed by atoms with van der Waals surface area (Å²) >= 11 is 0. The third-order valence-electron chi connectivity index (χ3n) is 3.44. The molecule has 8 heteroatoms. The molecule has 0 saturated heterocycles. The van der Waals surface area contributed by atoms with Crippen molar-refractivity contribution < 1.29 is 28.5 Å². The lowest BCUT2D eigenvalue weighted by Gasteiger charge is -2.16. The summed E-state index contributed by atoms with van der Waals surface area (Å²) in [7, 11) is 4.34. The highest BCUT2D eigenvalue weighted by molar-refractivity contribution is 6.05. The van der Waals surface area contributed by atoms with Crippen LogP contribution in [0.1, 0.15) is 10.4 Å². The van der Waals surface area contributed by atoms with Gasteiger partial charge < -0.3 is 30.0 Å². The minimum Gasteiger partial charge on any atom is -0.495 e. The molecular weight excluding hydrogens is 340 g/mol. The van der Waals surface area contributed by atoms with Crippen molar-refractivity contribution in [2.45, 2.75) is 0 Å². The summed E-state index contributed by atoms with van der Waals surface area (Å²) in [6.07, 6.45) is 0. The molecule has 0 aliphatic heterocycles. The largest absolute Gasteiger partial charge is 0.495 e. The van der Waals surface area contributed by atoms with Gasteiger partial charge in [0.2, 0.25) is 5.75 Å². The summed E-state index contributed by atoms with van der Waals surface area (Å²) in [5.74, 6) is 0.134. The monoisotopic (exact) mass is 360 g/mol. The van der Waals surface area contributed by atoms with Crippen molar-refractivity contribution in [1.29, 1.82) is 0 Å². The van der Waals surface area contributed by atoms with E-state index in [1.807, 2.05) is 0 Å². The maximum Gasteiger partial charge on any atom is 0.256 e. The molecule has 0 aliphatic rings. The molecule has 2 aromatic rings. The van der Waals surface area contributed by atoms with Gasteiger partial charge in [0.05, 0.1) is 27.0 Å². The Morgan fingerprint density at radius 1 is 0.962 bits per heavy atom. The first-order chi connectivity index (χ1) is 12.5. The van der Waals surface area contributed by atoms with E-state index in [0.717, 1.165) is 0 Å². The van der Waals surface area contributed by atoms with Crippen LogP contribution in [0.3, 0.4) is 0 Å². The number of para-hydroxylation sites is 2. The Hall–Kier alpha value is -3.42. The SMILES string of the molecule is COc1ccccc1NC(=O)c1cc(OC)c(OCC(N)=O)c(OC)c1. The van der Waals surface area contributed by atoms with E-state index in [2.05, 4.69) is 5.32 Å². The highest BCUT2D eigenvalue weighted by Gasteiger charge is 2.19. The molecular formula is C18H20N2O6. The van der Waals surface area contributed by atoms with Crippen LogP contribution >= 0.6 is 0 Å². The van der Waals surface area contributed by atoms with Crippen molar-refractivity contribution in [3.63, 3.8) is 0 Å². The molecule has 8 nitrogen and oxygen atoms in total. The number of anilines is 1. The molecule has 0 radical (unpaired) electrons. The number of methoxy groups -OCH3 is 3. The van der Waals surface area contributed by atoms with Gasteiger partial charge in [-0.15, -0.1) is 0 Å². The number of ether oxygens (including phenoxy) is 4. The Morgan fingerprint density at radius 2 is 1.54 bits per heavy atom. The zero-order chi connectivity index (χ0) is 19.1. The van der Waals surface area contributed by atoms with Crippen molar-refractivity contribution in [2.24, 2.45) is 5.73 Å². The zero-order valence-electron chi connectivity index (χ0n) is 14.7. The first kappa shape index (κ1) is 18.9. The van der Waals surface area contributed by atoms with Crippen molar-refractivity contribution in [3.8, 4) is 23.0 Å². The van der Waals surface area contributed by atoms with Crippen molar-refractivity contribution in [2.75, 3.05) is 33.3 Å². The number of hydrogen-bond acceptors (Lipinski definition) is 6. The van der Waals surface area contributed by atoms with Crippen LogP contribution < -0.4 is 30.0 Å². The van der Waals surface area contributed by atoms with Crippen LogP contribution in [0.25, 0.3) is 0 Å². The van der Waals surface area contributed by atoms with E-state index in [0.29, 0.717) is 11.4 Å². The number of rotatable bonds is 8. The quantitative estimate of drug-likeness (QED) is 0.743. The summed E-state index contributed by atoms with van der Waals surface area (Å²) < 4.78 is 21.0. The standard InChI is InChI=1S/C18H20N2O6/c1-23-13-7-5-4-6-12(13)20-18(22)11-8-14(24-2)17(15(9-11)25-3)26-10-16(19)21/h4-9H,10H2,1-3H3,(H2,19,21)(H,20,22). The molecule has 2 rings (SSSR count). The molecule has 0 atom stereocenters. The third-order valence-corrected chi connectivity index (χ3v) is 3.44. The van der Waals surface area contributed by atoms with Crippen molar-refractivity contribution in [1.82, 2.24) is 0 Å². The molecule has 0 aliphatic carbocycles. The van der Waals surface area contributed by atoms with Crippen LogP contribution in [0.4, 0.5) is 5.69 Å². The number of nitrogens with one attached hydrogen (secondary N) is 1. The first-order valence-electron chi connectivity index (χ1n) is 7.61. The second-order valence-corrected chi connectivity index (χ2v) is 5.12. The lowest BCUT2D eigenvalue weighted by Crippen LogP contribution is -2.20. The fourth-order valence-electron chi connectivity index (χ4n) is 2.24. The van der Waals surface area contributed by atoms with Gasteiger partial charge in [0.15, 0.2) is 18.1 Å². The van der Waals surface area contributed by atoms with Gasteiger partial charge in [0.1, 0.15) is 5.75 Å². The third kappa shape index (κ3) is 4.35. The van der Waals surface area contributed by atoms with Gasteiger partial charge in [0.25, 0.3) is 11.8 Å². The van der Waals surface area contributed by atoms with Crippen LogP contribution in [0.2, 0.25) is 0 Å². The van der Waals surface area contributed by atoms with Crippen LogP contribution in [0.5, 0.6) is 23.0 Å². The smallest absolute Gasteiger partial charge is 0.256 e. The summed E-state index contributed by atoms with van der Waals surface area (Å²) in [6.45, 7) is -0.348. The maximum absolute atomic E-state index is 12.6.